The van der Waals surface area contributed by atoms with Crippen LogP contribution in [0.25, 0.3) is 0 Å². The van der Waals surface area contributed by atoms with E-state index in [2.05, 4.69) is 27.7 Å². The molecule has 0 aromatic rings. The lowest BCUT2D eigenvalue weighted by Crippen LogP contribution is -2.71. The van der Waals surface area contributed by atoms with Crippen molar-refractivity contribution in [1.82, 2.24) is 0 Å². The van der Waals surface area contributed by atoms with E-state index in [1.807, 2.05) is 0 Å². The zero-order valence-electron chi connectivity index (χ0n) is 8.93. The Morgan fingerprint density at radius 3 is 1.92 bits per heavy atom. The SMILES string of the molecule is CCCCC1(C)C2C(C)C1C2C. The third-order valence-electron chi connectivity index (χ3n) is 4.86. The van der Waals surface area contributed by atoms with Crippen LogP contribution >= 0.6 is 0 Å². The van der Waals surface area contributed by atoms with Crippen molar-refractivity contribution in [1.29, 1.82) is 0 Å². The second-order valence-electron chi connectivity index (χ2n) is 5.38. The average Bonchev–Trinajstić information content (AvgIpc) is 2.00. The van der Waals surface area contributed by atoms with Crippen molar-refractivity contribution in [3.05, 3.63) is 0 Å². The van der Waals surface area contributed by atoms with Crippen LogP contribution in [0.2, 0.25) is 0 Å². The minimum absolute atomic E-state index is 0.773. The molecule has 3 aliphatic carbocycles. The summed E-state index contributed by atoms with van der Waals surface area (Å²) < 4.78 is 0. The highest BCUT2D eigenvalue weighted by Gasteiger charge is 2.70. The van der Waals surface area contributed by atoms with Gasteiger partial charge in [-0.2, -0.15) is 0 Å². The van der Waals surface area contributed by atoms with Crippen molar-refractivity contribution >= 4 is 0 Å². The van der Waals surface area contributed by atoms with E-state index in [1.54, 1.807) is 0 Å². The fraction of sp³-hybridized carbons (Fsp3) is 1.00. The van der Waals surface area contributed by atoms with Crippen LogP contribution in [0.5, 0.6) is 0 Å². The van der Waals surface area contributed by atoms with Gasteiger partial charge in [0.05, 0.1) is 0 Å². The standard InChI is InChI=1S/C12H22/c1-5-6-7-12(4)10-8(2)11(12)9(10)3/h8-11H,5-7H2,1-4H3. The van der Waals surface area contributed by atoms with Crippen molar-refractivity contribution in [3.63, 3.8) is 0 Å². The normalized spacial score (nSPS) is 56.0. The minimum atomic E-state index is 0.773. The molecule has 0 aliphatic heterocycles. The molecule has 70 valence electrons. The van der Waals surface area contributed by atoms with E-state index in [9.17, 15) is 0 Å². The fourth-order valence-corrected chi connectivity index (χ4v) is 4.54. The summed E-state index contributed by atoms with van der Waals surface area (Å²) in [4.78, 5) is 0. The summed E-state index contributed by atoms with van der Waals surface area (Å²) in [5, 5.41) is 0. The molecule has 0 aromatic heterocycles. The average molecular weight is 166 g/mol. The van der Waals surface area contributed by atoms with Gasteiger partial charge in [0, 0.05) is 0 Å². The Balaban J connectivity index is 1.92. The quantitative estimate of drug-likeness (QED) is 0.599. The third-order valence-corrected chi connectivity index (χ3v) is 4.86. The van der Waals surface area contributed by atoms with Crippen LogP contribution in [0.3, 0.4) is 0 Å². The molecule has 0 saturated heterocycles. The Hall–Kier alpha value is 0. The van der Waals surface area contributed by atoms with E-state index in [1.165, 1.54) is 19.3 Å². The van der Waals surface area contributed by atoms with Gasteiger partial charge in [-0.15, -0.1) is 0 Å². The molecule has 0 atom stereocenters. The molecular weight excluding hydrogens is 144 g/mol. The molecule has 0 heteroatoms. The smallest absolute Gasteiger partial charge is 0.0259 e. The zero-order valence-corrected chi connectivity index (χ0v) is 8.93. The van der Waals surface area contributed by atoms with Crippen LogP contribution < -0.4 is 0 Å². The second-order valence-corrected chi connectivity index (χ2v) is 5.38. The lowest BCUT2D eigenvalue weighted by molar-refractivity contribution is -0.287. The molecule has 3 rings (SSSR count). The largest absolute Gasteiger partial charge is 0.0654 e. The first-order valence-electron chi connectivity index (χ1n) is 5.63. The highest BCUT2D eigenvalue weighted by Crippen LogP contribution is 2.75. The predicted molar refractivity (Wildman–Crippen MR) is 52.9 cm³/mol. The molecule has 0 spiro atoms. The highest BCUT2D eigenvalue weighted by atomic mass is 14.7. The molecule has 3 aliphatic rings. The van der Waals surface area contributed by atoms with Gasteiger partial charge >= 0.3 is 0 Å². The lowest BCUT2D eigenvalue weighted by Gasteiger charge is -2.76. The summed E-state index contributed by atoms with van der Waals surface area (Å²) in [6.45, 7) is 9.73. The topological polar surface area (TPSA) is 0 Å². The number of rotatable bonds is 3. The van der Waals surface area contributed by atoms with Gasteiger partial charge in [0.15, 0.2) is 0 Å². The van der Waals surface area contributed by atoms with Crippen molar-refractivity contribution in [2.75, 3.05) is 0 Å². The predicted octanol–water partition coefficient (Wildman–Crippen LogP) is 3.71. The van der Waals surface area contributed by atoms with Gasteiger partial charge in [0.1, 0.15) is 0 Å². The molecule has 3 fully saturated rings. The third kappa shape index (κ3) is 0.744. The first-order chi connectivity index (χ1) is 5.63. The summed E-state index contributed by atoms with van der Waals surface area (Å²) in [5.41, 5.74) is 0.773. The summed E-state index contributed by atoms with van der Waals surface area (Å²) in [6.07, 6.45) is 4.31. The summed E-state index contributed by atoms with van der Waals surface area (Å²) in [6, 6.07) is 0. The van der Waals surface area contributed by atoms with Crippen LogP contribution in [-0.4, -0.2) is 0 Å². The second kappa shape index (κ2) is 2.49. The number of hydrogen-bond acceptors (Lipinski definition) is 0. The van der Waals surface area contributed by atoms with Gasteiger partial charge in [0.25, 0.3) is 0 Å². The summed E-state index contributed by atoms with van der Waals surface area (Å²) in [7, 11) is 0. The summed E-state index contributed by atoms with van der Waals surface area (Å²) >= 11 is 0. The van der Waals surface area contributed by atoms with E-state index < -0.39 is 0 Å². The molecule has 0 heterocycles. The Bertz CT molecular complexity index is 160. The monoisotopic (exact) mass is 166 g/mol. The van der Waals surface area contributed by atoms with E-state index in [0.29, 0.717) is 0 Å². The first-order valence-corrected chi connectivity index (χ1v) is 5.63. The first kappa shape index (κ1) is 8.59. The Morgan fingerprint density at radius 2 is 1.58 bits per heavy atom. The number of unbranched alkanes of at least 4 members (excludes halogenated alkanes) is 1. The van der Waals surface area contributed by atoms with E-state index >= 15 is 0 Å². The van der Waals surface area contributed by atoms with Crippen LogP contribution in [0.1, 0.15) is 47.0 Å². The molecule has 0 aromatic carbocycles. The van der Waals surface area contributed by atoms with Gasteiger partial charge < -0.3 is 0 Å². The van der Waals surface area contributed by atoms with Gasteiger partial charge in [0.2, 0.25) is 0 Å². The van der Waals surface area contributed by atoms with Gasteiger partial charge in [-0.05, 0) is 35.5 Å². The van der Waals surface area contributed by atoms with Gasteiger partial charge in [-0.25, -0.2) is 0 Å². The van der Waals surface area contributed by atoms with Crippen LogP contribution in [-0.2, 0) is 0 Å². The minimum Gasteiger partial charge on any atom is -0.0654 e. The Morgan fingerprint density at radius 1 is 1.08 bits per heavy atom. The van der Waals surface area contributed by atoms with Crippen molar-refractivity contribution < 1.29 is 0 Å². The van der Waals surface area contributed by atoms with Crippen LogP contribution in [0, 0.1) is 29.1 Å². The highest BCUT2D eigenvalue weighted by molar-refractivity contribution is 5.18. The maximum Gasteiger partial charge on any atom is -0.0259 e. The van der Waals surface area contributed by atoms with E-state index in [4.69, 9.17) is 0 Å². The number of hydrogen-bond donors (Lipinski definition) is 0. The molecule has 0 N–H and O–H groups in total. The molecule has 12 heavy (non-hydrogen) atoms. The molecule has 3 saturated carbocycles. The zero-order chi connectivity index (χ0) is 8.93. The molecule has 0 radical (unpaired) electrons. The fourth-order valence-electron chi connectivity index (χ4n) is 4.54. The van der Waals surface area contributed by atoms with Crippen molar-refractivity contribution in [2.24, 2.45) is 29.1 Å². The Labute approximate surface area is 76.7 Å². The van der Waals surface area contributed by atoms with E-state index in [-0.39, 0.29) is 0 Å². The van der Waals surface area contributed by atoms with Crippen LogP contribution in [0.4, 0.5) is 0 Å². The molecule has 2 bridgehead atoms. The molecule has 0 nitrogen and oxygen atoms in total. The molecule has 0 unspecified atom stereocenters. The lowest BCUT2D eigenvalue weighted by atomic mass is 9.28. The van der Waals surface area contributed by atoms with E-state index in [0.717, 1.165) is 29.1 Å². The van der Waals surface area contributed by atoms with Gasteiger partial charge in [-0.3, -0.25) is 0 Å². The van der Waals surface area contributed by atoms with Crippen molar-refractivity contribution in [3.8, 4) is 0 Å². The van der Waals surface area contributed by atoms with Crippen molar-refractivity contribution in [2.45, 2.75) is 47.0 Å². The molecular formula is C12H22. The van der Waals surface area contributed by atoms with Gasteiger partial charge in [-0.1, -0.05) is 40.5 Å². The maximum atomic E-state index is 2.53. The Kier molecular flexibility index (Phi) is 1.79. The maximum absolute atomic E-state index is 2.53. The summed E-state index contributed by atoms with van der Waals surface area (Å²) in [5.74, 6) is 4.27. The molecule has 0 amide bonds. The van der Waals surface area contributed by atoms with Crippen LogP contribution in [0.15, 0.2) is 0 Å².